The summed E-state index contributed by atoms with van der Waals surface area (Å²) in [5.41, 5.74) is 1.89. The Labute approximate surface area is 98.6 Å². The fraction of sp³-hybridized carbons (Fsp3) is 0.583. The molecule has 0 unspecified atom stereocenters. The van der Waals surface area contributed by atoms with E-state index < -0.39 is 0 Å². The van der Waals surface area contributed by atoms with Crippen LogP contribution in [0.15, 0.2) is 22.9 Å². The van der Waals surface area contributed by atoms with Crippen LogP contribution in [0, 0.1) is 0 Å². The molecule has 1 saturated heterocycles. The van der Waals surface area contributed by atoms with Gasteiger partial charge >= 0.3 is 0 Å². The second-order valence-corrected chi connectivity index (χ2v) is 5.77. The Morgan fingerprint density at radius 1 is 1.40 bits per heavy atom. The van der Waals surface area contributed by atoms with Gasteiger partial charge < -0.3 is 5.32 Å². The van der Waals surface area contributed by atoms with Crippen LogP contribution in [0.3, 0.4) is 0 Å². The predicted octanol–water partition coefficient (Wildman–Crippen LogP) is 2.84. The monoisotopic (exact) mass is 266 g/mol. The van der Waals surface area contributed by atoms with Gasteiger partial charge in [-0.25, -0.2) is 0 Å². The van der Waals surface area contributed by atoms with E-state index >= 15 is 0 Å². The zero-order chi connectivity index (χ0) is 10.3. The van der Waals surface area contributed by atoms with Gasteiger partial charge in [0, 0.05) is 22.4 Å². The third kappa shape index (κ3) is 1.72. The second-order valence-electron chi connectivity index (χ2n) is 4.85. The van der Waals surface area contributed by atoms with Crippen molar-refractivity contribution >= 4 is 15.9 Å². The fourth-order valence-electron chi connectivity index (χ4n) is 2.99. The minimum absolute atomic E-state index is 0.493. The molecule has 0 amide bonds. The van der Waals surface area contributed by atoms with Gasteiger partial charge in [-0.3, -0.25) is 4.98 Å². The lowest BCUT2D eigenvalue weighted by atomic mass is 9.65. The van der Waals surface area contributed by atoms with Crippen LogP contribution in [-0.2, 0) is 0 Å². The summed E-state index contributed by atoms with van der Waals surface area (Å²) >= 11 is 3.48. The summed E-state index contributed by atoms with van der Waals surface area (Å²) in [6.45, 7) is 1.21. The molecule has 15 heavy (non-hydrogen) atoms. The average molecular weight is 267 g/mol. The Morgan fingerprint density at radius 3 is 2.93 bits per heavy atom. The van der Waals surface area contributed by atoms with Gasteiger partial charge in [0.25, 0.3) is 0 Å². The van der Waals surface area contributed by atoms with Crippen molar-refractivity contribution in [2.45, 2.75) is 37.1 Å². The first-order valence-corrected chi connectivity index (χ1v) is 6.42. The summed E-state index contributed by atoms with van der Waals surface area (Å²) in [5, 5.41) is 3.65. The number of halogens is 1. The van der Waals surface area contributed by atoms with E-state index in [9.17, 15) is 0 Å². The Morgan fingerprint density at radius 2 is 2.27 bits per heavy atom. The fourth-order valence-corrected chi connectivity index (χ4v) is 3.37. The molecule has 1 aromatic rings. The highest BCUT2D eigenvalue weighted by molar-refractivity contribution is 9.10. The number of nitrogens with zero attached hydrogens (tertiary/aromatic N) is 1. The van der Waals surface area contributed by atoms with Gasteiger partial charge in [-0.05, 0) is 65.7 Å². The quantitative estimate of drug-likeness (QED) is 0.846. The van der Waals surface area contributed by atoms with Crippen LogP contribution in [-0.4, -0.2) is 17.1 Å². The van der Waals surface area contributed by atoms with E-state index in [0.717, 1.165) is 10.4 Å². The molecule has 0 atom stereocenters. The molecule has 2 fully saturated rings. The maximum absolute atomic E-state index is 4.23. The molecule has 0 bridgehead atoms. The van der Waals surface area contributed by atoms with E-state index in [0.29, 0.717) is 5.54 Å². The molecule has 3 rings (SSSR count). The SMILES string of the molecule is Brc1cncc(C2CC3(CCCN3)C2)c1. The molecule has 0 radical (unpaired) electrons. The lowest BCUT2D eigenvalue weighted by Crippen LogP contribution is -2.50. The smallest absolute Gasteiger partial charge is 0.0410 e. The van der Waals surface area contributed by atoms with Gasteiger partial charge in [0.2, 0.25) is 0 Å². The number of aromatic nitrogens is 1. The lowest BCUT2D eigenvalue weighted by Gasteiger charge is -2.45. The largest absolute Gasteiger partial charge is 0.311 e. The molecule has 1 N–H and O–H groups in total. The third-order valence-electron chi connectivity index (χ3n) is 3.80. The Bertz CT molecular complexity index is 364. The van der Waals surface area contributed by atoms with E-state index in [-0.39, 0.29) is 0 Å². The molecule has 0 aromatic carbocycles. The highest BCUT2D eigenvalue weighted by Crippen LogP contribution is 2.48. The summed E-state index contributed by atoms with van der Waals surface area (Å²) in [7, 11) is 0. The second kappa shape index (κ2) is 3.56. The van der Waals surface area contributed by atoms with Gasteiger partial charge in [-0.15, -0.1) is 0 Å². The van der Waals surface area contributed by atoms with E-state index in [4.69, 9.17) is 0 Å². The zero-order valence-corrected chi connectivity index (χ0v) is 10.3. The van der Waals surface area contributed by atoms with Crippen molar-refractivity contribution in [2.75, 3.05) is 6.54 Å². The van der Waals surface area contributed by atoms with Gasteiger partial charge in [0.15, 0.2) is 0 Å². The van der Waals surface area contributed by atoms with E-state index in [1.807, 2.05) is 12.4 Å². The molecule has 2 heterocycles. The van der Waals surface area contributed by atoms with Crippen molar-refractivity contribution in [3.05, 3.63) is 28.5 Å². The van der Waals surface area contributed by atoms with Gasteiger partial charge in [0.05, 0.1) is 0 Å². The van der Waals surface area contributed by atoms with Crippen LogP contribution in [0.4, 0.5) is 0 Å². The molecule has 80 valence electrons. The third-order valence-corrected chi connectivity index (χ3v) is 4.24. The predicted molar refractivity (Wildman–Crippen MR) is 63.9 cm³/mol. The van der Waals surface area contributed by atoms with Crippen molar-refractivity contribution in [1.29, 1.82) is 0 Å². The first kappa shape index (κ1) is 9.79. The van der Waals surface area contributed by atoms with E-state index in [1.165, 1.54) is 37.8 Å². The van der Waals surface area contributed by atoms with Crippen LogP contribution < -0.4 is 5.32 Å². The molecule has 2 aliphatic rings. The number of pyridine rings is 1. The van der Waals surface area contributed by atoms with Gasteiger partial charge in [-0.1, -0.05) is 0 Å². The molecule has 1 aliphatic heterocycles. The van der Waals surface area contributed by atoms with Gasteiger partial charge in [0.1, 0.15) is 0 Å². The van der Waals surface area contributed by atoms with Crippen LogP contribution in [0.25, 0.3) is 0 Å². The summed E-state index contributed by atoms with van der Waals surface area (Å²) in [6, 6.07) is 2.21. The van der Waals surface area contributed by atoms with Crippen LogP contribution in [0.2, 0.25) is 0 Å². The van der Waals surface area contributed by atoms with Crippen LogP contribution in [0.5, 0.6) is 0 Å². The standard InChI is InChI=1S/C12H15BrN2/c13-11-4-9(7-14-8-11)10-5-12(6-10)2-1-3-15-12/h4,7-8,10,15H,1-3,5-6H2. The number of nitrogens with one attached hydrogen (secondary N) is 1. The molecule has 3 heteroatoms. The number of hydrogen-bond donors (Lipinski definition) is 1. The van der Waals surface area contributed by atoms with Crippen molar-refractivity contribution < 1.29 is 0 Å². The van der Waals surface area contributed by atoms with Crippen molar-refractivity contribution in [3.8, 4) is 0 Å². The van der Waals surface area contributed by atoms with Crippen molar-refractivity contribution in [2.24, 2.45) is 0 Å². The summed E-state index contributed by atoms with van der Waals surface area (Å²) in [6.07, 6.45) is 9.17. The van der Waals surface area contributed by atoms with E-state index in [1.54, 1.807) is 0 Å². The van der Waals surface area contributed by atoms with E-state index in [2.05, 4.69) is 32.3 Å². The number of rotatable bonds is 1. The molecule has 2 nitrogen and oxygen atoms in total. The Balaban J connectivity index is 1.72. The maximum Gasteiger partial charge on any atom is 0.0410 e. The first-order chi connectivity index (χ1) is 7.27. The summed E-state index contributed by atoms with van der Waals surface area (Å²) in [4.78, 5) is 4.23. The molecule has 1 aliphatic carbocycles. The van der Waals surface area contributed by atoms with Gasteiger partial charge in [-0.2, -0.15) is 0 Å². The summed E-state index contributed by atoms with van der Waals surface area (Å²) in [5.74, 6) is 0.723. The highest BCUT2D eigenvalue weighted by atomic mass is 79.9. The lowest BCUT2D eigenvalue weighted by molar-refractivity contribution is 0.178. The molecule has 1 aromatic heterocycles. The highest BCUT2D eigenvalue weighted by Gasteiger charge is 2.46. The van der Waals surface area contributed by atoms with Crippen molar-refractivity contribution in [3.63, 3.8) is 0 Å². The Hall–Kier alpha value is -0.410. The first-order valence-electron chi connectivity index (χ1n) is 5.63. The minimum atomic E-state index is 0.493. The molecular weight excluding hydrogens is 252 g/mol. The normalized spacial score (nSPS) is 34.3. The Kier molecular flexibility index (Phi) is 2.33. The molecular formula is C12H15BrN2. The molecule has 1 saturated carbocycles. The zero-order valence-electron chi connectivity index (χ0n) is 8.67. The summed E-state index contributed by atoms with van der Waals surface area (Å²) < 4.78 is 1.10. The average Bonchev–Trinajstić information content (AvgIpc) is 2.64. The van der Waals surface area contributed by atoms with Crippen molar-refractivity contribution in [1.82, 2.24) is 10.3 Å². The molecule has 1 spiro atoms. The topological polar surface area (TPSA) is 24.9 Å². The van der Waals surface area contributed by atoms with Crippen LogP contribution in [0.1, 0.15) is 37.2 Å². The minimum Gasteiger partial charge on any atom is -0.311 e. The van der Waals surface area contributed by atoms with Crippen LogP contribution >= 0.6 is 15.9 Å². The number of hydrogen-bond acceptors (Lipinski definition) is 2. The maximum atomic E-state index is 4.23.